The van der Waals surface area contributed by atoms with Gasteiger partial charge in [-0.15, -0.1) is 10.2 Å². The molecule has 100 valence electrons. The van der Waals surface area contributed by atoms with Crippen LogP contribution in [0.25, 0.3) is 0 Å². The highest BCUT2D eigenvalue weighted by Crippen LogP contribution is 2.11. The summed E-state index contributed by atoms with van der Waals surface area (Å²) < 4.78 is 0. The summed E-state index contributed by atoms with van der Waals surface area (Å²) in [5.41, 5.74) is -0.654. The Labute approximate surface area is 105 Å². The van der Waals surface area contributed by atoms with E-state index in [9.17, 15) is 4.79 Å². The minimum absolute atomic E-state index is 0.220. The van der Waals surface area contributed by atoms with Gasteiger partial charge < -0.3 is 20.8 Å². The van der Waals surface area contributed by atoms with Gasteiger partial charge in [0.05, 0.1) is 18.8 Å². The van der Waals surface area contributed by atoms with Crippen LogP contribution >= 0.6 is 0 Å². The van der Waals surface area contributed by atoms with Crippen LogP contribution in [0.2, 0.25) is 0 Å². The van der Waals surface area contributed by atoms with Gasteiger partial charge in [-0.2, -0.15) is 0 Å². The highest BCUT2D eigenvalue weighted by atomic mass is 16.3. The van der Waals surface area contributed by atoms with Crippen LogP contribution in [0.1, 0.15) is 24.3 Å². The fourth-order valence-electron chi connectivity index (χ4n) is 1.21. The van der Waals surface area contributed by atoms with Crippen molar-refractivity contribution >= 4 is 11.7 Å². The molecule has 0 aromatic carbocycles. The molecule has 0 fully saturated rings. The number of aliphatic hydroxyl groups excluding tert-OH is 2. The molecule has 1 rings (SSSR count). The predicted octanol–water partition coefficient (Wildman–Crippen LogP) is -0.619. The molecule has 1 aromatic rings. The molecule has 1 heterocycles. The van der Waals surface area contributed by atoms with Gasteiger partial charge in [-0.1, -0.05) is 0 Å². The van der Waals surface area contributed by atoms with Crippen LogP contribution < -0.4 is 10.6 Å². The maximum atomic E-state index is 11.4. The summed E-state index contributed by atoms with van der Waals surface area (Å²) in [6, 6.07) is 3.09. The van der Waals surface area contributed by atoms with Crippen LogP contribution in [-0.4, -0.2) is 51.6 Å². The van der Waals surface area contributed by atoms with Crippen LogP contribution in [0.3, 0.4) is 0 Å². The molecule has 0 bridgehead atoms. The van der Waals surface area contributed by atoms with E-state index in [1.165, 1.54) is 6.07 Å². The second kappa shape index (κ2) is 6.27. The van der Waals surface area contributed by atoms with E-state index in [0.29, 0.717) is 12.4 Å². The minimum Gasteiger partial charge on any atom is -0.394 e. The molecule has 0 aliphatic carbocycles. The SMILES string of the molecule is CCNC(=O)c1ccc(NC(C)(CO)CO)nn1. The monoisotopic (exact) mass is 254 g/mol. The van der Waals surface area contributed by atoms with Crippen molar-refractivity contribution in [2.75, 3.05) is 25.1 Å². The van der Waals surface area contributed by atoms with Gasteiger partial charge in [-0.25, -0.2) is 0 Å². The fraction of sp³-hybridized carbons (Fsp3) is 0.545. The maximum Gasteiger partial charge on any atom is 0.271 e. The number of aromatic nitrogens is 2. The number of carbonyl (C=O) groups excluding carboxylic acids is 1. The van der Waals surface area contributed by atoms with E-state index in [2.05, 4.69) is 20.8 Å². The Bertz CT molecular complexity index is 390. The normalized spacial score (nSPS) is 11.1. The zero-order valence-corrected chi connectivity index (χ0v) is 10.5. The number of nitrogens with one attached hydrogen (secondary N) is 2. The summed E-state index contributed by atoms with van der Waals surface area (Å²) in [6.45, 7) is 3.49. The Morgan fingerprint density at radius 2 is 2.00 bits per heavy atom. The van der Waals surface area contributed by atoms with E-state index in [-0.39, 0.29) is 24.8 Å². The Morgan fingerprint density at radius 1 is 1.33 bits per heavy atom. The highest BCUT2D eigenvalue weighted by molar-refractivity contribution is 5.92. The molecule has 4 N–H and O–H groups in total. The van der Waals surface area contributed by atoms with Gasteiger partial charge in [-0.05, 0) is 26.0 Å². The molecule has 18 heavy (non-hydrogen) atoms. The average Bonchev–Trinajstić information content (AvgIpc) is 2.39. The van der Waals surface area contributed by atoms with Crippen molar-refractivity contribution in [3.8, 4) is 0 Å². The van der Waals surface area contributed by atoms with E-state index >= 15 is 0 Å². The van der Waals surface area contributed by atoms with Gasteiger partial charge in [0.25, 0.3) is 5.91 Å². The number of amides is 1. The summed E-state index contributed by atoms with van der Waals surface area (Å²) in [4.78, 5) is 11.4. The Hall–Kier alpha value is -1.73. The van der Waals surface area contributed by atoms with Gasteiger partial charge in [0.15, 0.2) is 5.69 Å². The number of nitrogens with zero attached hydrogens (tertiary/aromatic N) is 2. The molecule has 0 radical (unpaired) electrons. The lowest BCUT2D eigenvalue weighted by atomic mass is 10.1. The molecule has 0 saturated carbocycles. The van der Waals surface area contributed by atoms with Gasteiger partial charge in [0.1, 0.15) is 5.82 Å². The van der Waals surface area contributed by atoms with Crippen LogP contribution in [0, 0.1) is 0 Å². The zero-order chi connectivity index (χ0) is 13.6. The standard InChI is InChI=1S/C11H18N4O3/c1-3-12-10(18)8-4-5-9(15-14-8)13-11(2,6-16)7-17/h4-5,16-17H,3,6-7H2,1-2H3,(H,12,18)(H,13,15). The van der Waals surface area contributed by atoms with Gasteiger partial charge in [0, 0.05) is 6.54 Å². The fourth-order valence-corrected chi connectivity index (χ4v) is 1.21. The molecular weight excluding hydrogens is 236 g/mol. The minimum atomic E-state index is -0.873. The Kier molecular flexibility index (Phi) is 4.99. The topological polar surface area (TPSA) is 107 Å². The van der Waals surface area contributed by atoms with E-state index in [4.69, 9.17) is 10.2 Å². The summed E-state index contributed by atoms with van der Waals surface area (Å²) in [6.07, 6.45) is 0. The largest absolute Gasteiger partial charge is 0.394 e. The third-order valence-electron chi connectivity index (χ3n) is 2.36. The molecule has 0 unspecified atom stereocenters. The number of aliphatic hydroxyl groups is 2. The van der Waals surface area contributed by atoms with Crippen molar-refractivity contribution < 1.29 is 15.0 Å². The molecule has 0 atom stereocenters. The van der Waals surface area contributed by atoms with Crippen molar-refractivity contribution in [2.24, 2.45) is 0 Å². The number of anilines is 1. The molecule has 1 aromatic heterocycles. The Balaban J connectivity index is 2.74. The molecule has 0 spiro atoms. The van der Waals surface area contributed by atoms with Crippen LogP contribution in [0.4, 0.5) is 5.82 Å². The van der Waals surface area contributed by atoms with E-state index in [0.717, 1.165) is 0 Å². The van der Waals surface area contributed by atoms with E-state index in [1.807, 2.05) is 6.92 Å². The highest BCUT2D eigenvalue weighted by Gasteiger charge is 2.22. The predicted molar refractivity (Wildman–Crippen MR) is 66.2 cm³/mol. The molecule has 0 aliphatic heterocycles. The third-order valence-corrected chi connectivity index (χ3v) is 2.36. The van der Waals surface area contributed by atoms with Crippen molar-refractivity contribution in [1.82, 2.24) is 15.5 Å². The van der Waals surface area contributed by atoms with Crippen LogP contribution in [0.5, 0.6) is 0 Å². The number of carbonyl (C=O) groups is 1. The summed E-state index contributed by atoms with van der Waals surface area (Å²) in [5.74, 6) is 0.0947. The first kappa shape index (κ1) is 14.3. The van der Waals surface area contributed by atoms with Crippen LogP contribution in [0.15, 0.2) is 12.1 Å². The van der Waals surface area contributed by atoms with Crippen molar-refractivity contribution in [2.45, 2.75) is 19.4 Å². The number of hydrogen-bond donors (Lipinski definition) is 4. The summed E-state index contributed by atoms with van der Waals surface area (Å²) in [5, 5.41) is 31.3. The van der Waals surface area contributed by atoms with Crippen LogP contribution in [-0.2, 0) is 0 Å². The summed E-state index contributed by atoms with van der Waals surface area (Å²) in [7, 11) is 0. The molecular formula is C11H18N4O3. The molecule has 7 nitrogen and oxygen atoms in total. The van der Waals surface area contributed by atoms with E-state index < -0.39 is 5.54 Å². The molecule has 0 saturated heterocycles. The molecule has 1 amide bonds. The summed E-state index contributed by atoms with van der Waals surface area (Å²) >= 11 is 0. The first-order valence-electron chi connectivity index (χ1n) is 5.66. The number of hydrogen-bond acceptors (Lipinski definition) is 6. The first-order chi connectivity index (χ1) is 8.54. The van der Waals surface area contributed by atoms with Gasteiger partial charge >= 0.3 is 0 Å². The Morgan fingerprint density at radius 3 is 2.44 bits per heavy atom. The van der Waals surface area contributed by atoms with Crippen molar-refractivity contribution in [3.63, 3.8) is 0 Å². The number of rotatable bonds is 6. The quantitative estimate of drug-likeness (QED) is 0.539. The first-order valence-corrected chi connectivity index (χ1v) is 5.66. The van der Waals surface area contributed by atoms with Crippen molar-refractivity contribution in [1.29, 1.82) is 0 Å². The third kappa shape index (κ3) is 3.64. The van der Waals surface area contributed by atoms with Gasteiger partial charge in [0.2, 0.25) is 0 Å². The maximum absolute atomic E-state index is 11.4. The average molecular weight is 254 g/mol. The smallest absolute Gasteiger partial charge is 0.271 e. The lowest BCUT2D eigenvalue weighted by Crippen LogP contribution is -2.42. The van der Waals surface area contributed by atoms with E-state index in [1.54, 1.807) is 13.0 Å². The lowest BCUT2D eigenvalue weighted by molar-refractivity contribution is 0.0949. The molecule has 7 heteroatoms. The van der Waals surface area contributed by atoms with Gasteiger partial charge in [-0.3, -0.25) is 4.79 Å². The zero-order valence-electron chi connectivity index (χ0n) is 10.5. The lowest BCUT2D eigenvalue weighted by Gasteiger charge is -2.26. The molecule has 0 aliphatic rings. The second-order valence-electron chi connectivity index (χ2n) is 4.17. The van der Waals surface area contributed by atoms with Crippen molar-refractivity contribution in [3.05, 3.63) is 17.8 Å². The second-order valence-corrected chi connectivity index (χ2v) is 4.17.